The highest BCUT2D eigenvalue weighted by molar-refractivity contribution is 7.08. The van der Waals surface area contributed by atoms with Crippen molar-refractivity contribution in [3.8, 4) is 17.2 Å². The molecule has 1 atom stereocenters. The van der Waals surface area contributed by atoms with E-state index in [0.717, 1.165) is 11.1 Å². The van der Waals surface area contributed by atoms with E-state index in [1.165, 1.54) is 0 Å². The molecule has 0 spiro atoms. The van der Waals surface area contributed by atoms with E-state index in [4.69, 9.17) is 14.2 Å². The number of guanidine groups is 1. The fourth-order valence-electron chi connectivity index (χ4n) is 2.65. The summed E-state index contributed by atoms with van der Waals surface area (Å²) in [4.78, 5) is 4.62. The molecule has 1 aromatic carbocycles. The Hall–Kier alpha value is -2.45. The molecule has 0 saturated heterocycles. The molecular formula is C20H29N3O4S. The van der Waals surface area contributed by atoms with Crippen LogP contribution in [0.4, 0.5) is 0 Å². The Morgan fingerprint density at radius 1 is 1.11 bits per heavy atom. The van der Waals surface area contributed by atoms with E-state index < -0.39 is 5.60 Å². The van der Waals surface area contributed by atoms with Crippen LogP contribution < -0.4 is 24.8 Å². The first-order valence-corrected chi connectivity index (χ1v) is 9.95. The van der Waals surface area contributed by atoms with Crippen LogP contribution in [0.15, 0.2) is 34.0 Å². The molecule has 0 radical (unpaired) electrons. The van der Waals surface area contributed by atoms with Crippen LogP contribution in [0.1, 0.15) is 25.0 Å². The van der Waals surface area contributed by atoms with Crippen molar-refractivity contribution in [3.63, 3.8) is 0 Å². The van der Waals surface area contributed by atoms with Crippen molar-refractivity contribution < 1.29 is 19.3 Å². The van der Waals surface area contributed by atoms with Crippen molar-refractivity contribution >= 4 is 17.3 Å². The standard InChI is InChI=1S/C20H29N3O4S/c1-6-21-19(23-13-20(2,24)15-7-8-28-12-15)22-11-14-9-17(26-4)18(27-5)10-16(14)25-3/h7-10,12,24H,6,11,13H2,1-5H3,(H2,21,22,23). The molecular weight excluding hydrogens is 378 g/mol. The number of thiophene rings is 1. The summed E-state index contributed by atoms with van der Waals surface area (Å²) >= 11 is 1.56. The number of methoxy groups -OCH3 is 3. The Bertz CT molecular complexity index is 776. The third-order valence-corrected chi connectivity index (χ3v) is 4.96. The van der Waals surface area contributed by atoms with Crippen molar-refractivity contribution in [1.82, 2.24) is 10.6 Å². The smallest absolute Gasteiger partial charge is 0.191 e. The predicted molar refractivity (Wildman–Crippen MR) is 113 cm³/mol. The molecule has 0 bridgehead atoms. The minimum absolute atomic E-state index is 0.332. The largest absolute Gasteiger partial charge is 0.496 e. The van der Waals surface area contributed by atoms with Crippen LogP contribution in [-0.2, 0) is 12.1 Å². The van der Waals surface area contributed by atoms with E-state index >= 15 is 0 Å². The molecule has 0 aliphatic carbocycles. The zero-order valence-electron chi connectivity index (χ0n) is 17.0. The van der Waals surface area contributed by atoms with Gasteiger partial charge in [-0.05, 0) is 42.3 Å². The van der Waals surface area contributed by atoms with E-state index in [1.807, 2.05) is 29.8 Å². The van der Waals surface area contributed by atoms with Gasteiger partial charge in [0.15, 0.2) is 17.5 Å². The Labute approximate surface area is 170 Å². The summed E-state index contributed by atoms with van der Waals surface area (Å²) in [5.74, 6) is 2.49. The summed E-state index contributed by atoms with van der Waals surface area (Å²) in [5.41, 5.74) is 0.751. The Balaban J connectivity index is 2.16. The molecule has 0 fully saturated rings. The number of hydrogen-bond donors (Lipinski definition) is 3. The summed E-state index contributed by atoms with van der Waals surface area (Å²) in [7, 11) is 4.78. The lowest BCUT2D eigenvalue weighted by atomic mass is 9.99. The lowest BCUT2D eigenvalue weighted by Gasteiger charge is -2.24. The van der Waals surface area contributed by atoms with Crippen LogP contribution in [0.25, 0.3) is 0 Å². The van der Waals surface area contributed by atoms with Gasteiger partial charge in [0, 0.05) is 18.2 Å². The van der Waals surface area contributed by atoms with E-state index in [1.54, 1.807) is 45.7 Å². The van der Waals surface area contributed by atoms with E-state index in [9.17, 15) is 5.11 Å². The molecule has 154 valence electrons. The zero-order valence-corrected chi connectivity index (χ0v) is 17.9. The van der Waals surface area contributed by atoms with Crippen molar-refractivity contribution in [3.05, 3.63) is 40.1 Å². The number of nitrogens with zero attached hydrogens (tertiary/aromatic N) is 1. The highest BCUT2D eigenvalue weighted by Gasteiger charge is 2.23. The average Bonchev–Trinajstić information content (AvgIpc) is 3.25. The van der Waals surface area contributed by atoms with E-state index in [-0.39, 0.29) is 0 Å². The monoisotopic (exact) mass is 407 g/mol. The third kappa shape index (κ3) is 5.53. The maximum absolute atomic E-state index is 10.7. The SMILES string of the molecule is CCNC(=NCc1cc(OC)c(OC)cc1OC)NCC(C)(O)c1ccsc1. The molecule has 3 N–H and O–H groups in total. The van der Waals surface area contributed by atoms with Crippen LogP contribution in [0.3, 0.4) is 0 Å². The Morgan fingerprint density at radius 3 is 2.36 bits per heavy atom. The number of hydrogen-bond acceptors (Lipinski definition) is 6. The topological polar surface area (TPSA) is 84.3 Å². The average molecular weight is 408 g/mol. The van der Waals surface area contributed by atoms with Gasteiger partial charge in [-0.25, -0.2) is 4.99 Å². The molecule has 1 aromatic heterocycles. The molecule has 1 heterocycles. The van der Waals surface area contributed by atoms with Gasteiger partial charge in [0.2, 0.25) is 0 Å². The molecule has 2 rings (SSSR count). The normalized spacial score (nSPS) is 13.6. The van der Waals surface area contributed by atoms with Gasteiger partial charge in [-0.1, -0.05) is 0 Å². The fraction of sp³-hybridized carbons (Fsp3) is 0.450. The van der Waals surface area contributed by atoms with Crippen molar-refractivity contribution in [2.75, 3.05) is 34.4 Å². The van der Waals surface area contributed by atoms with Crippen molar-refractivity contribution in [2.45, 2.75) is 26.0 Å². The van der Waals surface area contributed by atoms with E-state index in [2.05, 4.69) is 15.6 Å². The second kappa shape index (κ2) is 10.2. The maximum atomic E-state index is 10.7. The summed E-state index contributed by atoms with van der Waals surface area (Å²) in [6.07, 6.45) is 0. The molecule has 7 nitrogen and oxygen atoms in total. The second-order valence-electron chi connectivity index (χ2n) is 6.35. The molecule has 0 aliphatic heterocycles. The van der Waals surface area contributed by atoms with Crippen LogP contribution in [-0.4, -0.2) is 45.5 Å². The summed E-state index contributed by atoms with van der Waals surface area (Å²) in [6.45, 7) is 5.18. The number of rotatable bonds is 9. The van der Waals surface area contributed by atoms with Crippen LogP contribution in [0.5, 0.6) is 17.2 Å². The molecule has 0 aliphatic rings. The first-order chi connectivity index (χ1) is 13.4. The molecule has 28 heavy (non-hydrogen) atoms. The molecule has 2 aromatic rings. The highest BCUT2D eigenvalue weighted by Crippen LogP contribution is 2.34. The maximum Gasteiger partial charge on any atom is 0.191 e. The number of aliphatic hydroxyl groups is 1. The summed E-state index contributed by atoms with van der Waals surface area (Å²) in [6, 6.07) is 5.56. The highest BCUT2D eigenvalue weighted by atomic mass is 32.1. The van der Waals surface area contributed by atoms with E-state index in [0.29, 0.717) is 42.8 Å². The number of ether oxygens (including phenoxy) is 3. The summed E-state index contributed by atoms with van der Waals surface area (Å²) in [5, 5.41) is 21.0. The predicted octanol–water partition coefficient (Wildman–Crippen LogP) is 2.74. The summed E-state index contributed by atoms with van der Waals surface area (Å²) < 4.78 is 16.1. The molecule has 1 unspecified atom stereocenters. The fourth-order valence-corrected chi connectivity index (χ4v) is 3.43. The minimum atomic E-state index is -0.989. The van der Waals surface area contributed by atoms with Crippen molar-refractivity contribution in [1.29, 1.82) is 0 Å². The number of benzene rings is 1. The Morgan fingerprint density at radius 2 is 1.79 bits per heavy atom. The number of aliphatic imine (C=N–C) groups is 1. The second-order valence-corrected chi connectivity index (χ2v) is 7.13. The quantitative estimate of drug-likeness (QED) is 0.438. The van der Waals surface area contributed by atoms with Crippen LogP contribution >= 0.6 is 11.3 Å². The van der Waals surface area contributed by atoms with Gasteiger partial charge in [0.1, 0.15) is 11.4 Å². The van der Waals surface area contributed by atoms with Gasteiger partial charge >= 0.3 is 0 Å². The van der Waals surface area contributed by atoms with Crippen LogP contribution in [0.2, 0.25) is 0 Å². The zero-order chi connectivity index (χ0) is 20.6. The molecule has 0 saturated carbocycles. The van der Waals surface area contributed by atoms with Gasteiger partial charge in [-0.3, -0.25) is 0 Å². The van der Waals surface area contributed by atoms with Gasteiger partial charge in [-0.15, -0.1) is 0 Å². The number of nitrogens with one attached hydrogen (secondary N) is 2. The van der Waals surface area contributed by atoms with Crippen molar-refractivity contribution in [2.24, 2.45) is 4.99 Å². The lowest BCUT2D eigenvalue weighted by molar-refractivity contribution is 0.0621. The lowest BCUT2D eigenvalue weighted by Crippen LogP contribution is -2.44. The first kappa shape index (κ1) is 21.8. The van der Waals surface area contributed by atoms with Gasteiger partial charge in [0.25, 0.3) is 0 Å². The van der Waals surface area contributed by atoms with Gasteiger partial charge in [-0.2, -0.15) is 11.3 Å². The molecule has 0 amide bonds. The van der Waals surface area contributed by atoms with Gasteiger partial charge < -0.3 is 30.0 Å². The third-order valence-electron chi connectivity index (χ3n) is 4.28. The molecule has 8 heteroatoms. The van der Waals surface area contributed by atoms with Gasteiger partial charge in [0.05, 0.1) is 34.4 Å². The van der Waals surface area contributed by atoms with Crippen LogP contribution in [0, 0.1) is 0 Å². The first-order valence-electron chi connectivity index (χ1n) is 9.01. The Kier molecular flexibility index (Phi) is 7.95. The minimum Gasteiger partial charge on any atom is -0.496 e.